The first-order valence-corrected chi connectivity index (χ1v) is 7.23. The summed E-state index contributed by atoms with van der Waals surface area (Å²) in [7, 11) is 0. The SMILES string of the molecule is O=C(O)CC(C(=O)O)C1CC(C(=O)O)C(C(=O)O)c2ccccc21. The molecule has 0 amide bonds. The Bertz CT molecular complexity index is 695. The van der Waals surface area contributed by atoms with Gasteiger partial charge < -0.3 is 20.4 Å². The molecule has 0 spiro atoms. The van der Waals surface area contributed by atoms with Crippen LogP contribution in [0.4, 0.5) is 0 Å². The van der Waals surface area contributed by atoms with Crippen molar-refractivity contribution in [1.29, 1.82) is 0 Å². The van der Waals surface area contributed by atoms with E-state index in [9.17, 15) is 34.5 Å². The minimum Gasteiger partial charge on any atom is -0.481 e. The molecule has 1 aromatic rings. The Labute approximate surface area is 136 Å². The van der Waals surface area contributed by atoms with Crippen molar-refractivity contribution in [3.63, 3.8) is 0 Å². The van der Waals surface area contributed by atoms with Gasteiger partial charge in [0.25, 0.3) is 0 Å². The van der Waals surface area contributed by atoms with E-state index in [0.717, 1.165) is 0 Å². The first kappa shape index (κ1) is 17.5. The number of carboxylic acid groups (broad SMARTS) is 4. The molecule has 0 bridgehead atoms. The second-order valence-corrected chi connectivity index (χ2v) is 5.77. The van der Waals surface area contributed by atoms with E-state index in [1.165, 1.54) is 12.1 Å². The Morgan fingerprint density at radius 2 is 1.54 bits per heavy atom. The molecule has 0 aliphatic heterocycles. The summed E-state index contributed by atoms with van der Waals surface area (Å²) >= 11 is 0. The Hall–Kier alpha value is -2.90. The van der Waals surface area contributed by atoms with Crippen LogP contribution in [-0.4, -0.2) is 44.3 Å². The average molecular weight is 336 g/mol. The van der Waals surface area contributed by atoms with Crippen molar-refractivity contribution < 1.29 is 39.6 Å². The van der Waals surface area contributed by atoms with Crippen molar-refractivity contribution in [2.75, 3.05) is 0 Å². The van der Waals surface area contributed by atoms with Gasteiger partial charge in [0.15, 0.2) is 0 Å². The van der Waals surface area contributed by atoms with E-state index in [1.54, 1.807) is 12.1 Å². The fraction of sp³-hybridized carbons (Fsp3) is 0.375. The quantitative estimate of drug-likeness (QED) is 0.605. The van der Waals surface area contributed by atoms with Crippen LogP contribution in [0, 0.1) is 11.8 Å². The molecule has 4 unspecified atom stereocenters. The number of aliphatic carboxylic acids is 4. The monoisotopic (exact) mass is 336 g/mol. The summed E-state index contributed by atoms with van der Waals surface area (Å²) in [6.45, 7) is 0. The second kappa shape index (κ2) is 6.69. The standard InChI is InChI=1S/C16H16O8/c17-12(18)6-10(14(19)20)9-5-11(15(21)22)13(16(23)24)8-4-2-1-3-7(8)9/h1-4,9-11,13H,5-6H2,(H,17,18)(H,19,20)(H,21,22)(H,23,24). The summed E-state index contributed by atoms with van der Waals surface area (Å²) in [5.74, 6) is -10.2. The highest BCUT2D eigenvalue weighted by Gasteiger charge is 2.46. The zero-order chi connectivity index (χ0) is 18.0. The zero-order valence-electron chi connectivity index (χ0n) is 12.5. The van der Waals surface area contributed by atoms with Crippen LogP contribution in [0.25, 0.3) is 0 Å². The minimum atomic E-state index is -1.35. The van der Waals surface area contributed by atoms with Gasteiger partial charge in [-0.25, -0.2) is 0 Å². The first-order chi connectivity index (χ1) is 11.2. The molecule has 0 heterocycles. The molecule has 0 aromatic heterocycles. The molecule has 0 fully saturated rings. The van der Waals surface area contributed by atoms with Crippen molar-refractivity contribution in [2.24, 2.45) is 11.8 Å². The average Bonchev–Trinajstić information content (AvgIpc) is 2.50. The molecule has 0 radical (unpaired) electrons. The van der Waals surface area contributed by atoms with E-state index in [2.05, 4.69) is 0 Å². The Balaban J connectivity index is 2.58. The molecule has 0 saturated heterocycles. The molecular weight excluding hydrogens is 320 g/mol. The van der Waals surface area contributed by atoms with Gasteiger partial charge in [0, 0.05) is 0 Å². The van der Waals surface area contributed by atoms with Gasteiger partial charge >= 0.3 is 23.9 Å². The van der Waals surface area contributed by atoms with Gasteiger partial charge in [-0.3, -0.25) is 19.2 Å². The zero-order valence-corrected chi connectivity index (χ0v) is 12.5. The molecule has 0 saturated carbocycles. The largest absolute Gasteiger partial charge is 0.481 e. The third kappa shape index (κ3) is 3.22. The molecule has 4 atom stereocenters. The Morgan fingerprint density at radius 1 is 0.958 bits per heavy atom. The van der Waals surface area contributed by atoms with Crippen molar-refractivity contribution in [3.05, 3.63) is 35.4 Å². The number of rotatable bonds is 6. The second-order valence-electron chi connectivity index (χ2n) is 5.77. The highest BCUT2D eigenvalue weighted by atomic mass is 16.4. The molecule has 128 valence electrons. The van der Waals surface area contributed by atoms with Crippen molar-refractivity contribution >= 4 is 23.9 Å². The maximum Gasteiger partial charge on any atom is 0.311 e. The van der Waals surface area contributed by atoms with Crippen molar-refractivity contribution in [1.82, 2.24) is 0 Å². The van der Waals surface area contributed by atoms with Crippen LogP contribution in [0.15, 0.2) is 24.3 Å². The van der Waals surface area contributed by atoms with E-state index >= 15 is 0 Å². The van der Waals surface area contributed by atoms with Crippen LogP contribution in [0.3, 0.4) is 0 Å². The molecule has 24 heavy (non-hydrogen) atoms. The van der Waals surface area contributed by atoms with E-state index in [0.29, 0.717) is 5.56 Å². The van der Waals surface area contributed by atoms with Crippen LogP contribution in [0.2, 0.25) is 0 Å². The van der Waals surface area contributed by atoms with Gasteiger partial charge in [-0.15, -0.1) is 0 Å². The molecular formula is C16H16O8. The van der Waals surface area contributed by atoms with Crippen molar-refractivity contribution in [3.8, 4) is 0 Å². The lowest BCUT2D eigenvalue weighted by Crippen LogP contribution is -2.38. The van der Waals surface area contributed by atoms with Crippen LogP contribution in [0.5, 0.6) is 0 Å². The van der Waals surface area contributed by atoms with Gasteiger partial charge in [-0.05, 0) is 23.5 Å². The Kier molecular flexibility index (Phi) is 4.87. The van der Waals surface area contributed by atoms with E-state index < -0.39 is 54.0 Å². The normalized spacial score (nSPS) is 23.8. The predicted octanol–water partition coefficient (Wildman–Crippen LogP) is 1.22. The fourth-order valence-electron chi connectivity index (χ4n) is 3.40. The molecule has 2 rings (SSSR count). The molecule has 1 aromatic carbocycles. The van der Waals surface area contributed by atoms with Gasteiger partial charge in [0.05, 0.1) is 24.2 Å². The van der Waals surface area contributed by atoms with Gasteiger partial charge in [0.2, 0.25) is 0 Å². The molecule has 1 aliphatic rings. The summed E-state index contributed by atoms with van der Waals surface area (Å²) in [6.07, 6.45) is -0.911. The van der Waals surface area contributed by atoms with Gasteiger partial charge in [-0.1, -0.05) is 24.3 Å². The number of carboxylic acids is 4. The number of fused-ring (bicyclic) bond motifs is 1. The predicted molar refractivity (Wildman–Crippen MR) is 78.7 cm³/mol. The van der Waals surface area contributed by atoms with E-state index in [-0.39, 0.29) is 12.0 Å². The van der Waals surface area contributed by atoms with Crippen LogP contribution in [0.1, 0.15) is 35.8 Å². The lowest BCUT2D eigenvalue weighted by atomic mass is 9.66. The lowest BCUT2D eigenvalue weighted by molar-refractivity contribution is -0.153. The van der Waals surface area contributed by atoms with E-state index in [4.69, 9.17) is 5.11 Å². The highest BCUT2D eigenvalue weighted by Crippen LogP contribution is 2.46. The maximum atomic E-state index is 11.5. The van der Waals surface area contributed by atoms with Gasteiger partial charge in [-0.2, -0.15) is 0 Å². The smallest absolute Gasteiger partial charge is 0.311 e. The van der Waals surface area contributed by atoms with Crippen molar-refractivity contribution in [2.45, 2.75) is 24.7 Å². The van der Waals surface area contributed by atoms with Crippen LogP contribution >= 0.6 is 0 Å². The van der Waals surface area contributed by atoms with Crippen LogP contribution in [-0.2, 0) is 19.2 Å². The molecule has 8 nitrogen and oxygen atoms in total. The third-order valence-corrected chi connectivity index (χ3v) is 4.42. The summed E-state index contributed by atoms with van der Waals surface area (Å²) in [6, 6.07) is 6.12. The maximum absolute atomic E-state index is 11.5. The number of benzene rings is 1. The van der Waals surface area contributed by atoms with Crippen LogP contribution < -0.4 is 0 Å². The Morgan fingerprint density at radius 3 is 2.00 bits per heavy atom. The fourth-order valence-corrected chi connectivity index (χ4v) is 3.40. The number of hydrogen-bond donors (Lipinski definition) is 4. The number of hydrogen-bond acceptors (Lipinski definition) is 4. The summed E-state index contributed by atoms with van der Waals surface area (Å²) < 4.78 is 0. The molecule has 8 heteroatoms. The minimum absolute atomic E-state index is 0.227. The summed E-state index contributed by atoms with van der Waals surface area (Å²) in [5.41, 5.74) is 0.612. The summed E-state index contributed by atoms with van der Waals surface area (Å²) in [4.78, 5) is 45.6. The lowest BCUT2D eigenvalue weighted by Gasteiger charge is -2.36. The first-order valence-electron chi connectivity index (χ1n) is 7.23. The summed E-state index contributed by atoms with van der Waals surface area (Å²) in [5, 5.41) is 37.1. The van der Waals surface area contributed by atoms with Gasteiger partial charge in [0.1, 0.15) is 0 Å². The number of carbonyl (C=O) groups is 4. The molecule has 1 aliphatic carbocycles. The third-order valence-electron chi connectivity index (χ3n) is 4.42. The topological polar surface area (TPSA) is 149 Å². The highest BCUT2D eigenvalue weighted by molar-refractivity contribution is 5.86. The molecule has 4 N–H and O–H groups in total. The van der Waals surface area contributed by atoms with E-state index in [1.807, 2.05) is 0 Å².